The molecule has 0 aliphatic carbocycles. The van der Waals surface area contributed by atoms with Crippen LogP contribution in [0.5, 0.6) is 5.75 Å². The van der Waals surface area contributed by atoms with Crippen molar-refractivity contribution in [2.45, 2.75) is 13.3 Å². The number of carbonyl (C=O) groups is 1. The first-order chi connectivity index (χ1) is 8.19. The summed E-state index contributed by atoms with van der Waals surface area (Å²) in [5.41, 5.74) is 1.04. The van der Waals surface area contributed by atoms with Crippen LogP contribution in [-0.4, -0.2) is 23.2 Å². The number of hydrogen-bond acceptors (Lipinski definition) is 4. The van der Waals surface area contributed by atoms with Gasteiger partial charge in [0, 0.05) is 17.0 Å². The predicted molar refractivity (Wildman–Crippen MR) is 64.1 cm³/mol. The van der Waals surface area contributed by atoms with Crippen molar-refractivity contribution in [2.75, 3.05) is 7.11 Å². The predicted octanol–water partition coefficient (Wildman–Crippen LogP) is 2.29. The van der Waals surface area contributed by atoms with Crippen molar-refractivity contribution >= 4 is 16.7 Å². The monoisotopic (exact) mass is 231 g/mol. The molecule has 0 amide bonds. The molecule has 0 fully saturated rings. The van der Waals surface area contributed by atoms with Crippen LogP contribution in [0.1, 0.15) is 23.0 Å². The number of esters is 1. The van der Waals surface area contributed by atoms with E-state index in [1.807, 2.05) is 19.1 Å². The average molecular weight is 231 g/mol. The molecule has 0 unspecified atom stereocenters. The molecule has 0 spiro atoms. The van der Waals surface area contributed by atoms with Gasteiger partial charge in [0.25, 0.3) is 0 Å². The van der Waals surface area contributed by atoms with Gasteiger partial charge in [-0.1, -0.05) is 25.1 Å². The average Bonchev–Trinajstić information content (AvgIpc) is 2.38. The van der Waals surface area contributed by atoms with E-state index in [1.54, 1.807) is 12.3 Å². The molecule has 2 aromatic rings. The molecule has 1 aromatic carbocycles. The van der Waals surface area contributed by atoms with E-state index in [1.165, 1.54) is 7.11 Å². The summed E-state index contributed by atoms with van der Waals surface area (Å²) in [6.07, 6.45) is 2.44. The van der Waals surface area contributed by atoms with E-state index < -0.39 is 5.97 Å². The summed E-state index contributed by atoms with van der Waals surface area (Å²) in [6, 6.07) is 5.58. The van der Waals surface area contributed by atoms with Crippen molar-refractivity contribution in [1.29, 1.82) is 0 Å². The van der Waals surface area contributed by atoms with E-state index in [0.29, 0.717) is 5.39 Å². The van der Waals surface area contributed by atoms with E-state index in [4.69, 9.17) is 0 Å². The lowest BCUT2D eigenvalue weighted by molar-refractivity contribution is 0.0591. The van der Waals surface area contributed by atoms with E-state index in [0.717, 1.165) is 17.4 Å². The van der Waals surface area contributed by atoms with E-state index in [-0.39, 0.29) is 11.4 Å². The number of carbonyl (C=O) groups excluding carboxylic acids is 1. The summed E-state index contributed by atoms with van der Waals surface area (Å²) in [4.78, 5) is 15.3. The summed E-state index contributed by atoms with van der Waals surface area (Å²) in [5.74, 6) is -0.754. The van der Waals surface area contributed by atoms with Gasteiger partial charge in [-0.3, -0.25) is 0 Å². The summed E-state index contributed by atoms with van der Waals surface area (Å²) in [5, 5.41) is 11.5. The zero-order valence-electron chi connectivity index (χ0n) is 9.73. The molecule has 2 rings (SSSR count). The van der Waals surface area contributed by atoms with Gasteiger partial charge in [0.1, 0.15) is 0 Å². The highest BCUT2D eigenvalue weighted by Gasteiger charge is 2.16. The number of pyridine rings is 1. The number of hydrogen-bond donors (Lipinski definition) is 1. The fraction of sp³-hybridized carbons (Fsp3) is 0.231. The molecule has 0 saturated heterocycles. The van der Waals surface area contributed by atoms with Crippen LogP contribution in [0.2, 0.25) is 0 Å². The molecule has 0 saturated carbocycles. The molecule has 17 heavy (non-hydrogen) atoms. The number of aromatic nitrogens is 1. The SMILES string of the molecule is CCc1cccc2c(O)c(C(=O)OC)ncc12. The third-order valence-corrected chi connectivity index (χ3v) is 2.76. The van der Waals surface area contributed by atoms with Crippen molar-refractivity contribution in [3.63, 3.8) is 0 Å². The summed E-state index contributed by atoms with van der Waals surface area (Å²) < 4.78 is 4.56. The van der Waals surface area contributed by atoms with Crippen LogP contribution in [0.25, 0.3) is 10.8 Å². The van der Waals surface area contributed by atoms with Crippen LogP contribution >= 0.6 is 0 Å². The van der Waals surface area contributed by atoms with Gasteiger partial charge in [-0.2, -0.15) is 0 Å². The number of ether oxygens (including phenoxy) is 1. The minimum atomic E-state index is -0.633. The molecule has 0 atom stereocenters. The molecular formula is C13H13NO3. The van der Waals surface area contributed by atoms with Crippen molar-refractivity contribution in [1.82, 2.24) is 4.98 Å². The number of nitrogens with zero attached hydrogens (tertiary/aromatic N) is 1. The van der Waals surface area contributed by atoms with Crippen molar-refractivity contribution in [3.05, 3.63) is 35.7 Å². The van der Waals surface area contributed by atoms with Crippen LogP contribution in [0.15, 0.2) is 24.4 Å². The van der Waals surface area contributed by atoms with Crippen LogP contribution in [0.4, 0.5) is 0 Å². The Morgan fingerprint density at radius 1 is 1.41 bits per heavy atom. The highest BCUT2D eigenvalue weighted by atomic mass is 16.5. The Bertz CT molecular complexity index is 578. The molecule has 0 radical (unpaired) electrons. The molecule has 1 N–H and O–H groups in total. The zero-order chi connectivity index (χ0) is 12.4. The minimum absolute atomic E-state index is 0.0479. The molecule has 0 aliphatic heterocycles. The fourth-order valence-corrected chi connectivity index (χ4v) is 1.84. The second kappa shape index (κ2) is 4.41. The maximum atomic E-state index is 11.4. The number of benzene rings is 1. The van der Waals surface area contributed by atoms with Crippen LogP contribution in [0.3, 0.4) is 0 Å². The van der Waals surface area contributed by atoms with Gasteiger partial charge in [-0.05, 0) is 12.0 Å². The molecule has 0 aliphatic rings. The number of fused-ring (bicyclic) bond motifs is 1. The number of methoxy groups -OCH3 is 1. The van der Waals surface area contributed by atoms with Crippen molar-refractivity contribution in [3.8, 4) is 5.75 Å². The molecule has 4 heteroatoms. The number of aromatic hydroxyl groups is 1. The Balaban J connectivity index is 2.72. The quantitative estimate of drug-likeness (QED) is 0.805. The molecule has 1 heterocycles. The zero-order valence-corrected chi connectivity index (χ0v) is 9.73. The molecule has 1 aromatic heterocycles. The molecular weight excluding hydrogens is 218 g/mol. The van der Waals surface area contributed by atoms with Gasteiger partial charge in [0.15, 0.2) is 11.4 Å². The lowest BCUT2D eigenvalue weighted by atomic mass is 10.0. The number of rotatable bonds is 2. The van der Waals surface area contributed by atoms with Gasteiger partial charge in [-0.25, -0.2) is 9.78 Å². The highest BCUT2D eigenvalue weighted by molar-refractivity contribution is 5.99. The van der Waals surface area contributed by atoms with Gasteiger partial charge in [0.2, 0.25) is 0 Å². The maximum Gasteiger partial charge on any atom is 0.360 e. The van der Waals surface area contributed by atoms with Gasteiger partial charge >= 0.3 is 5.97 Å². The van der Waals surface area contributed by atoms with E-state index in [2.05, 4.69) is 9.72 Å². The third kappa shape index (κ3) is 1.82. The second-order valence-electron chi connectivity index (χ2n) is 3.68. The molecule has 88 valence electrons. The lowest BCUT2D eigenvalue weighted by Crippen LogP contribution is -2.04. The van der Waals surface area contributed by atoms with E-state index >= 15 is 0 Å². The standard InChI is InChI=1S/C13H13NO3/c1-3-8-5-4-6-9-10(8)7-14-11(12(9)15)13(16)17-2/h4-7,15H,3H2,1-2H3. The Morgan fingerprint density at radius 2 is 2.18 bits per heavy atom. The molecule has 0 bridgehead atoms. The molecule has 4 nitrogen and oxygen atoms in total. The van der Waals surface area contributed by atoms with Crippen molar-refractivity contribution < 1.29 is 14.6 Å². The normalized spacial score (nSPS) is 10.5. The van der Waals surface area contributed by atoms with Crippen molar-refractivity contribution in [2.24, 2.45) is 0 Å². The van der Waals surface area contributed by atoms with Gasteiger partial charge in [-0.15, -0.1) is 0 Å². The minimum Gasteiger partial charge on any atom is -0.505 e. The van der Waals surface area contributed by atoms with Crippen LogP contribution < -0.4 is 0 Å². The topological polar surface area (TPSA) is 59.4 Å². The summed E-state index contributed by atoms with van der Waals surface area (Å²) in [6.45, 7) is 2.03. The smallest absolute Gasteiger partial charge is 0.360 e. The first-order valence-electron chi connectivity index (χ1n) is 5.37. The second-order valence-corrected chi connectivity index (χ2v) is 3.68. The van der Waals surface area contributed by atoms with E-state index in [9.17, 15) is 9.90 Å². The van der Waals surface area contributed by atoms with Gasteiger partial charge in [0.05, 0.1) is 7.11 Å². The van der Waals surface area contributed by atoms with Crippen LogP contribution in [0, 0.1) is 0 Å². The van der Waals surface area contributed by atoms with Crippen LogP contribution in [-0.2, 0) is 11.2 Å². The lowest BCUT2D eigenvalue weighted by Gasteiger charge is -2.08. The number of aryl methyl sites for hydroxylation is 1. The highest BCUT2D eigenvalue weighted by Crippen LogP contribution is 2.29. The summed E-state index contributed by atoms with van der Waals surface area (Å²) in [7, 11) is 1.26. The summed E-state index contributed by atoms with van der Waals surface area (Å²) >= 11 is 0. The largest absolute Gasteiger partial charge is 0.505 e. The van der Waals surface area contributed by atoms with Gasteiger partial charge < -0.3 is 9.84 Å². The fourth-order valence-electron chi connectivity index (χ4n) is 1.84. The maximum absolute atomic E-state index is 11.4. The first-order valence-corrected chi connectivity index (χ1v) is 5.37. The Hall–Kier alpha value is -2.10. The Kier molecular flexibility index (Phi) is 2.95. The first kappa shape index (κ1) is 11.4. The Morgan fingerprint density at radius 3 is 2.82 bits per heavy atom. The Labute approximate surface area is 98.9 Å². The third-order valence-electron chi connectivity index (χ3n) is 2.76.